The Morgan fingerprint density at radius 2 is 2.00 bits per heavy atom. The summed E-state index contributed by atoms with van der Waals surface area (Å²) in [5.41, 5.74) is 0.960. The summed E-state index contributed by atoms with van der Waals surface area (Å²) in [7, 11) is 5.73. The van der Waals surface area contributed by atoms with Gasteiger partial charge in [-0.25, -0.2) is 0 Å². The smallest absolute Gasteiger partial charge is 0.227 e. The van der Waals surface area contributed by atoms with Gasteiger partial charge in [0.2, 0.25) is 5.91 Å². The van der Waals surface area contributed by atoms with Crippen molar-refractivity contribution in [2.24, 2.45) is 5.92 Å². The summed E-state index contributed by atoms with van der Waals surface area (Å²) in [6, 6.07) is 7.66. The number of carbonyl (C=O) groups is 1. The molecule has 4 nitrogen and oxygen atoms in total. The van der Waals surface area contributed by atoms with Crippen LogP contribution in [0.25, 0.3) is 0 Å². The van der Waals surface area contributed by atoms with Gasteiger partial charge in [-0.1, -0.05) is 0 Å². The Morgan fingerprint density at radius 1 is 1.33 bits per heavy atom. The van der Waals surface area contributed by atoms with Crippen molar-refractivity contribution in [2.45, 2.75) is 6.42 Å². The van der Waals surface area contributed by atoms with Crippen LogP contribution in [0.3, 0.4) is 0 Å². The zero-order chi connectivity index (χ0) is 13.1. The first-order valence-electron chi connectivity index (χ1n) is 6.19. The van der Waals surface area contributed by atoms with Crippen LogP contribution in [0.5, 0.6) is 5.75 Å². The molecule has 1 aromatic rings. The number of rotatable bonds is 4. The lowest BCUT2D eigenvalue weighted by Crippen LogP contribution is -2.27. The molecule has 0 saturated carbocycles. The number of hydrogen-bond donors (Lipinski definition) is 0. The lowest BCUT2D eigenvalue weighted by atomic mass is 10.1. The van der Waals surface area contributed by atoms with Crippen LogP contribution >= 0.6 is 0 Å². The predicted molar refractivity (Wildman–Crippen MR) is 72.0 cm³/mol. The molecule has 18 heavy (non-hydrogen) atoms. The number of amides is 1. The maximum atomic E-state index is 12.0. The number of hydrogen-bond acceptors (Lipinski definition) is 3. The van der Waals surface area contributed by atoms with E-state index in [2.05, 4.69) is 4.90 Å². The highest BCUT2D eigenvalue weighted by Crippen LogP contribution is 2.26. The lowest BCUT2D eigenvalue weighted by Gasteiger charge is -2.18. The highest BCUT2D eigenvalue weighted by atomic mass is 16.5. The van der Waals surface area contributed by atoms with E-state index in [0.29, 0.717) is 12.3 Å². The minimum atomic E-state index is 0.215. The van der Waals surface area contributed by atoms with Crippen LogP contribution in [0.4, 0.5) is 5.69 Å². The van der Waals surface area contributed by atoms with Gasteiger partial charge in [0.05, 0.1) is 7.11 Å². The van der Waals surface area contributed by atoms with Crippen LogP contribution in [0, 0.1) is 5.92 Å². The van der Waals surface area contributed by atoms with Crippen LogP contribution in [0.1, 0.15) is 6.42 Å². The van der Waals surface area contributed by atoms with Gasteiger partial charge < -0.3 is 14.5 Å². The zero-order valence-electron chi connectivity index (χ0n) is 11.2. The van der Waals surface area contributed by atoms with Crippen LogP contribution in [-0.2, 0) is 4.79 Å². The maximum absolute atomic E-state index is 12.0. The molecule has 1 aromatic carbocycles. The van der Waals surface area contributed by atoms with Gasteiger partial charge in [0.1, 0.15) is 5.75 Å². The Balaban J connectivity index is 2.06. The molecule has 0 aromatic heterocycles. The summed E-state index contributed by atoms with van der Waals surface area (Å²) in [4.78, 5) is 16.0. The SMILES string of the molecule is COc1ccc(N2CC(CN(C)C)CC2=O)cc1. The van der Waals surface area contributed by atoms with Gasteiger partial charge >= 0.3 is 0 Å². The van der Waals surface area contributed by atoms with Crippen molar-refractivity contribution in [1.29, 1.82) is 0 Å². The van der Waals surface area contributed by atoms with Crippen LogP contribution in [0.2, 0.25) is 0 Å². The van der Waals surface area contributed by atoms with E-state index in [0.717, 1.165) is 24.5 Å². The third-order valence-electron chi connectivity index (χ3n) is 3.21. The van der Waals surface area contributed by atoms with E-state index in [1.54, 1.807) is 7.11 Å². The Hall–Kier alpha value is -1.55. The van der Waals surface area contributed by atoms with Crippen LogP contribution < -0.4 is 9.64 Å². The van der Waals surface area contributed by atoms with E-state index in [1.807, 2.05) is 43.3 Å². The third-order valence-corrected chi connectivity index (χ3v) is 3.21. The maximum Gasteiger partial charge on any atom is 0.227 e. The summed E-state index contributed by atoms with van der Waals surface area (Å²) in [5.74, 6) is 1.46. The second-order valence-corrected chi connectivity index (χ2v) is 5.03. The Morgan fingerprint density at radius 3 is 2.56 bits per heavy atom. The van der Waals surface area contributed by atoms with E-state index < -0.39 is 0 Å². The van der Waals surface area contributed by atoms with E-state index >= 15 is 0 Å². The standard InChI is InChI=1S/C14H20N2O2/c1-15(2)9-11-8-14(17)16(10-11)12-4-6-13(18-3)7-5-12/h4-7,11H,8-10H2,1-3H3. The highest BCUT2D eigenvalue weighted by Gasteiger charge is 2.30. The molecule has 1 amide bonds. The molecule has 2 rings (SSSR count). The van der Waals surface area contributed by atoms with E-state index in [-0.39, 0.29) is 5.91 Å². The van der Waals surface area contributed by atoms with Crippen molar-refractivity contribution >= 4 is 11.6 Å². The number of ether oxygens (including phenoxy) is 1. The van der Waals surface area contributed by atoms with Gasteiger partial charge in [0, 0.05) is 25.2 Å². The van der Waals surface area contributed by atoms with Crippen molar-refractivity contribution in [1.82, 2.24) is 4.90 Å². The molecule has 0 aliphatic carbocycles. The quantitative estimate of drug-likeness (QED) is 0.811. The summed E-state index contributed by atoms with van der Waals surface area (Å²) in [6.45, 7) is 1.77. The molecule has 4 heteroatoms. The molecule has 1 fully saturated rings. The van der Waals surface area contributed by atoms with Crippen LogP contribution in [0.15, 0.2) is 24.3 Å². The summed E-state index contributed by atoms with van der Waals surface area (Å²) in [6.07, 6.45) is 0.643. The molecule has 0 N–H and O–H groups in total. The van der Waals surface area contributed by atoms with E-state index in [4.69, 9.17) is 4.74 Å². The average molecular weight is 248 g/mol. The molecule has 1 aliphatic heterocycles. The normalized spacial score (nSPS) is 19.7. The topological polar surface area (TPSA) is 32.8 Å². The molecule has 0 radical (unpaired) electrons. The highest BCUT2D eigenvalue weighted by molar-refractivity contribution is 5.95. The molecule has 1 atom stereocenters. The number of benzene rings is 1. The van der Waals surface area contributed by atoms with Gasteiger partial charge in [-0.05, 0) is 44.3 Å². The largest absolute Gasteiger partial charge is 0.497 e. The summed E-state index contributed by atoms with van der Waals surface area (Å²) >= 11 is 0. The molecular weight excluding hydrogens is 228 g/mol. The molecule has 1 aliphatic rings. The van der Waals surface area contributed by atoms with Crippen molar-refractivity contribution in [3.63, 3.8) is 0 Å². The number of methoxy groups -OCH3 is 1. The number of nitrogens with zero attached hydrogens (tertiary/aromatic N) is 2. The van der Waals surface area contributed by atoms with Crippen LogP contribution in [-0.4, -0.2) is 45.1 Å². The third kappa shape index (κ3) is 2.82. The first-order chi connectivity index (χ1) is 8.60. The fourth-order valence-corrected chi connectivity index (χ4v) is 2.43. The van der Waals surface area contributed by atoms with Gasteiger partial charge in [-0.3, -0.25) is 4.79 Å². The van der Waals surface area contributed by atoms with Gasteiger partial charge in [-0.2, -0.15) is 0 Å². The first kappa shape index (κ1) is 12.9. The van der Waals surface area contributed by atoms with Gasteiger partial charge in [0.25, 0.3) is 0 Å². The second kappa shape index (κ2) is 5.40. The molecule has 1 heterocycles. The summed E-state index contributed by atoms with van der Waals surface area (Å²) < 4.78 is 5.12. The van der Waals surface area contributed by atoms with Crippen molar-refractivity contribution in [2.75, 3.05) is 39.2 Å². The fraction of sp³-hybridized carbons (Fsp3) is 0.500. The zero-order valence-corrected chi connectivity index (χ0v) is 11.2. The van der Waals surface area contributed by atoms with Gasteiger partial charge in [-0.15, -0.1) is 0 Å². The number of anilines is 1. The minimum absolute atomic E-state index is 0.215. The van der Waals surface area contributed by atoms with Gasteiger partial charge in [0.15, 0.2) is 0 Å². The van der Waals surface area contributed by atoms with Crippen molar-refractivity contribution < 1.29 is 9.53 Å². The molecule has 1 saturated heterocycles. The molecule has 98 valence electrons. The monoisotopic (exact) mass is 248 g/mol. The Labute approximate surface area is 108 Å². The lowest BCUT2D eigenvalue weighted by molar-refractivity contribution is -0.117. The molecular formula is C14H20N2O2. The number of carbonyl (C=O) groups excluding carboxylic acids is 1. The summed E-state index contributed by atoms with van der Waals surface area (Å²) in [5, 5.41) is 0. The Kier molecular flexibility index (Phi) is 3.87. The Bertz CT molecular complexity index is 414. The minimum Gasteiger partial charge on any atom is -0.497 e. The molecule has 1 unspecified atom stereocenters. The molecule has 0 spiro atoms. The van der Waals surface area contributed by atoms with Crippen molar-refractivity contribution in [3.05, 3.63) is 24.3 Å². The first-order valence-corrected chi connectivity index (χ1v) is 6.19. The van der Waals surface area contributed by atoms with E-state index in [9.17, 15) is 4.79 Å². The average Bonchev–Trinajstić information content (AvgIpc) is 2.69. The van der Waals surface area contributed by atoms with E-state index in [1.165, 1.54) is 0 Å². The fourth-order valence-electron chi connectivity index (χ4n) is 2.43. The second-order valence-electron chi connectivity index (χ2n) is 5.03. The predicted octanol–water partition coefficient (Wildman–Crippen LogP) is 1.61. The molecule has 0 bridgehead atoms. The van der Waals surface area contributed by atoms with Crippen molar-refractivity contribution in [3.8, 4) is 5.75 Å².